The van der Waals surface area contributed by atoms with Crippen LogP contribution in [0.3, 0.4) is 0 Å². The van der Waals surface area contributed by atoms with E-state index in [1.54, 1.807) is 0 Å². The number of rotatable bonds is 6. The van der Waals surface area contributed by atoms with Crippen LogP contribution in [0.5, 0.6) is 0 Å². The molecule has 0 aromatic heterocycles. The number of carbonyl (C=O) groups is 2. The van der Waals surface area contributed by atoms with E-state index in [-0.39, 0.29) is 18.0 Å². The third kappa shape index (κ3) is 6.26. The number of nitrogens with one attached hydrogen (secondary N) is 2. The largest absolute Gasteiger partial charge is 0.335 e. The Morgan fingerprint density at radius 3 is 2.67 bits per heavy atom. The van der Waals surface area contributed by atoms with E-state index in [0.717, 1.165) is 31.4 Å². The molecule has 18 heavy (non-hydrogen) atoms. The molecule has 1 atom stereocenters. The van der Waals surface area contributed by atoms with E-state index in [1.807, 2.05) is 6.92 Å². The summed E-state index contributed by atoms with van der Waals surface area (Å²) in [5.74, 6) is 1.31. The van der Waals surface area contributed by atoms with Gasteiger partial charge in [-0.25, -0.2) is 4.79 Å². The van der Waals surface area contributed by atoms with Crippen LogP contribution >= 0.6 is 11.8 Å². The van der Waals surface area contributed by atoms with Gasteiger partial charge in [0, 0.05) is 6.04 Å². The van der Waals surface area contributed by atoms with Crippen LogP contribution in [0.4, 0.5) is 4.79 Å². The van der Waals surface area contributed by atoms with E-state index in [1.165, 1.54) is 11.8 Å². The van der Waals surface area contributed by atoms with E-state index in [2.05, 4.69) is 10.6 Å². The highest BCUT2D eigenvalue weighted by atomic mass is 32.2. The Hall–Kier alpha value is -0.750. The number of thioether (sulfide) groups is 1. The van der Waals surface area contributed by atoms with E-state index in [9.17, 15) is 9.59 Å². The second-order valence-electron chi connectivity index (χ2n) is 4.86. The van der Waals surface area contributed by atoms with Gasteiger partial charge in [-0.05, 0) is 31.1 Å². The third-order valence-corrected chi connectivity index (χ3v) is 4.25. The van der Waals surface area contributed by atoms with Gasteiger partial charge >= 0.3 is 6.03 Å². The Kier molecular flexibility index (Phi) is 7.12. The van der Waals surface area contributed by atoms with Crippen LogP contribution in [-0.4, -0.2) is 36.0 Å². The van der Waals surface area contributed by atoms with Gasteiger partial charge in [0.05, 0.1) is 5.75 Å². The maximum atomic E-state index is 11.5. The van der Waals surface area contributed by atoms with Crippen LogP contribution in [0.15, 0.2) is 0 Å². The lowest BCUT2D eigenvalue weighted by atomic mass is 10.2. The molecule has 104 valence electrons. The zero-order valence-electron chi connectivity index (χ0n) is 10.9. The van der Waals surface area contributed by atoms with Crippen molar-refractivity contribution in [2.75, 3.05) is 18.1 Å². The molecule has 4 N–H and O–H groups in total. The Balaban J connectivity index is 2.09. The Morgan fingerprint density at radius 2 is 2.06 bits per heavy atom. The summed E-state index contributed by atoms with van der Waals surface area (Å²) >= 11 is 1.51. The van der Waals surface area contributed by atoms with Gasteiger partial charge in [0.15, 0.2) is 0 Å². The zero-order valence-corrected chi connectivity index (χ0v) is 11.7. The highest BCUT2D eigenvalue weighted by Gasteiger charge is 2.18. The average molecular weight is 273 g/mol. The lowest BCUT2D eigenvalue weighted by molar-refractivity contribution is -0.117. The second kappa shape index (κ2) is 8.37. The maximum absolute atomic E-state index is 11.5. The van der Waals surface area contributed by atoms with Crippen molar-refractivity contribution in [2.45, 2.75) is 38.6 Å². The van der Waals surface area contributed by atoms with Gasteiger partial charge in [-0.15, -0.1) is 0 Å². The van der Waals surface area contributed by atoms with Gasteiger partial charge in [-0.3, -0.25) is 10.1 Å². The Morgan fingerprint density at radius 1 is 1.39 bits per heavy atom. The first-order chi connectivity index (χ1) is 8.61. The fourth-order valence-corrected chi connectivity index (χ4v) is 2.79. The van der Waals surface area contributed by atoms with Gasteiger partial charge in [0.1, 0.15) is 0 Å². The topological polar surface area (TPSA) is 84.2 Å². The number of nitrogens with two attached hydrogens (primary N) is 1. The summed E-state index contributed by atoms with van der Waals surface area (Å²) in [5, 5.41) is 5.18. The van der Waals surface area contributed by atoms with E-state index < -0.39 is 0 Å². The van der Waals surface area contributed by atoms with Crippen LogP contribution in [0.25, 0.3) is 0 Å². The predicted molar refractivity (Wildman–Crippen MR) is 74.5 cm³/mol. The molecule has 1 rings (SSSR count). The lowest BCUT2D eigenvalue weighted by Gasteiger charge is -2.12. The molecule has 0 radical (unpaired) electrons. The van der Waals surface area contributed by atoms with Crippen molar-refractivity contribution in [3.05, 3.63) is 0 Å². The summed E-state index contributed by atoms with van der Waals surface area (Å²) in [6, 6.07) is -0.123. The molecule has 1 saturated carbocycles. The minimum absolute atomic E-state index is 0.236. The quantitative estimate of drug-likeness (QED) is 0.676. The molecule has 0 heterocycles. The molecule has 5 nitrogen and oxygen atoms in total. The van der Waals surface area contributed by atoms with Gasteiger partial charge < -0.3 is 11.1 Å². The Labute approximate surface area is 113 Å². The van der Waals surface area contributed by atoms with Gasteiger partial charge in [0.25, 0.3) is 0 Å². The monoisotopic (exact) mass is 273 g/mol. The molecule has 6 heteroatoms. The van der Waals surface area contributed by atoms with Crippen LogP contribution in [0.1, 0.15) is 32.6 Å². The normalized spacial score (nSPS) is 17.4. The fourth-order valence-electron chi connectivity index (χ4n) is 1.88. The average Bonchev–Trinajstić information content (AvgIpc) is 2.81. The lowest BCUT2D eigenvalue weighted by Crippen LogP contribution is -2.44. The summed E-state index contributed by atoms with van der Waals surface area (Å²) in [4.78, 5) is 23.0. The summed E-state index contributed by atoms with van der Waals surface area (Å²) in [7, 11) is 0. The van der Waals surface area contributed by atoms with Gasteiger partial charge in [0.2, 0.25) is 5.91 Å². The van der Waals surface area contributed by atoms with E-state index in [4.69, 9.17) is 5.73 Å². The SMILES string of the molecule is CC(CN)CSCC(=O)NC(=O)NC1CCCC1. The molecule has 0 aliphatic heterocycles. The molecule has 0 aromatic rings. The number of hydrogen-bond donors (Lipinski definition) is 3. The van der Waals surface area contributed by atoms with Crippen molar-refractivity contribution in [3.8, 4) is 0 Å². The molecule has 1 aliphatic rings. The summed E-state index contributed by atoms with van der Waals surface area (Å²) in [6.45, 7) is 2.66. The van der Waals surface area contributed by atoms with Crippen molar-refractivity contribution < 1.29 is 9.59 Å². The van der Waals surface area contributed by atoms with Crippen LogP contribution in [0, 0.1) is 5.92 Å². The highest BCUT2D eigenvalue weighted by molar-refractivity contribution is 7.99. The van der Waals surface area contributed by atoms with E-state index in [0.29, 0.717) is 18.2 Å². The van der Waals surface area contributed by atoms with Crippen molar-refractivity contribution in [2.24, 2.45) is 11.7 Å². The summed E-state index contributed by atoms with van der Waals surface area (Å²) < 4.78 is 0. The number of imide groups is 1. The second-order valence-corrected chi connectivity index (χ2v) is 5.89. The maximum Gasteiger partial charge on any atom is 0.321 e. The molecule has 0 spiro atoms. The smallest absolute Gasteiger partial charge is 0.321 e. The first-order valence-corrected chi connectivity index (χ1v) is 7.65. The number of amides is 3. The van der Waals surface area contributed by atoms with Gasteiger partial charge in [-0.2, -0.15) is 11.8 Å². The van der Waals surface area contributed by atoms with Gasteiger partial charge in [-0.1, -0.05) is 19.8 Å². The van der Waals surface area contributed by atoms with Crippen molar-refractivity contribution >= 4 is 23.7 Å². The fraction of sp³-hybridized carbons (Fsp3) is 0.833. The van der Waals surface area contributed by atoms with Crippen LogP contribution in [-0.2, 0) is 4.79 Å². The first kappa shape index (κ1) is 15.3. The molecular weight excluding hydrogens is 250 g/mol. The standard InChI is InChI=1S/C12H23N3O2S/c1-9(6-13)7-18-8-11(16)15-12(17)14-10-4-2-3-5-10/h9-10H,2-8,13H2,1H3,(H2,14,15,16,17). The first-order valence-electron chi connectivity index (χ1n) is 6.50. The molecule has 0 bridgehead atoms. The zero-order chi connectivity index (χ0) is 13.4. The predicted octanol–water partition coefficient (Wildman–Crippen LogP) is 1.08. The van der Waals surface area contributed by atoms with E-state index >= 15 is 0 Å². The van der Waals surface area contributed by atoms with Crippen LogP contribution < -0.4 is 16.4 Å². The molecule has 1 unspecified atom stereocenters. The molecule has 0 saturated heterocycles. The summed E-state index contributed by atoms with van der Waals surface area (Å²) in [6.07, 6.45) is 4.35. The minimum Gasteiger partial charge on any atom is -0.335 e. The number of carbonyl (C=O) groups excluding carboxylic acids is 2. The summed E-state index contributed by atoms with van der Waals surface area (Å²) in [5.41, 5.74) is 5.48. The number of hydrogen-bond acceptors (Lipinski definition) is 4. The third-order valence-electron chi connectivity index (χ3n) is 2.98. The van der Waals surface area contributed by atoms with Crippen LogP contribution in [0.2, 0.25) is 0 Å². The minimum atomic E-state index is -0.362. The van der Waals surface area contributed by atoms with Crippen molar-refractivity contribution in [3.63, 3.8) is 0 Å². The molecule has 3 amide bonds. The number of urea groups is 1. The van der Waals surface area contributed by atoms with Crippen molar-refractivity contribution in [1.82, 2.24) is 10.6 Å². The Bertz CT molecular complexity index is 280. The molecule has 1 aliphatic carbocycles. The molecule has 0 aromatic carbocycles. The molecule has 1 fully saturated rings. The van der Waals surface area contributed by atoms with Crippen molar-refractivity contribution in [1.29, 1.82) is 0 Å². The molecular formula is C12H23N3O2S. The highest BCUT2D eigenvalue weighted by Crippen LogP contribution is 2.17.